The molecule has 0 fully saturated rings. The third kappa shape index (κ3) is 6.32. The van der Waals surface area contributed by atoms with Gasteiger partial charge in [0.2, 0.25) is 0 Å². The highest BCUT2D eigenvalue weighted by Crippen LogP contribution is 2.18. The standard InChI is InChI=1S/C26H29N3O4/c1-17-6-8-21(9-7-17)16-29-19(3)24(18(2)28-29)14-15-25(30)33-20(4)26(31)27-22-10-12-23(32-5)13-11-22/h6-15,20H,16H2,1-5H3,(H,27,31)/b15-14+. The fourth-order valence-corrected chi connectivity index (χ4v) is 3.31. The normalized spacial score (nSPS) is 11.9. The Bertz CT molecular complexity index is 1150. The van der Waals surface area contributed by atoms with Gasteiger partial charge in [0, 0.05) is 23.0 Å². The van der Waals surface area contributed by atoms with Crippen molar-refractivity contribution in [3.8, 4) is 5.75 Å². The number of esters is 1. The zero-order valence-electron chi connectivity index (χ0n) is 19.6. The molecule has 7 nitrogen and oxygen atoms in total. The summed E-state index contributed by atoms with van der Waals surface area (Å²) in [6, 6.07) is 15.2. The molecule has 0 spiro atoms. The van der Waals surface area contributed by atoms with Crippen molar-refractivity contribution < 1.29 is 19.1 Å². The van der Waals surface area contributed by atoms with Gasteiger partial charge in [0.1, 0.15) is 5.75 Å². The summed E-state index contributed by atoms with van der Waals surface area (Å²) >= 11 is 0. The third-order valence-corrected chi connectivity index (χ3v) is 5.30. The maximum absolute atomic E-state index is 12.3. The molecule has 1 atom stereocenters. The van der Waals surface area contributed by atoms with E-state index in [1.54, 1.807) is 37.5 Å². The third-order valence-electron chi connectivity index (χ3n) is 5.30. The van der Waals surface area contributed by atoms with Crippen LogP contribution in [0.15, 0.2) is 54.6 Å². The molecule has 2 aromatic carbocycles. The van der Waals surface area contributed by atoms with Gasteiger partial charge in [-0.15, -0.1) is 0 Å². The molecule has 7 heteroatoms. The van der Waals surface area contributed by atoms with Crippen LogP contribution in [0.5, 0.6) is 5.75 Å². The summed E-state index contributed by atoms with van der Waals surface area (Å²) in [6.07, 6.45) is 2.06. The predicted molar refractivity (Wildman–Crippen MR) is 128 cm³/mol. The van der Waals surface area contributed by atoms with Crippen LogP contribution in [0.1, 0.15) is 35.0 Å². The number of benzene rings is 2. The van der Waals surface area contributed by atoms with Crippen LogP contribution >= 0.6 is 0 Å². The number of carbonyl (C=O) groups is 2. The van der Waals surface area contributed by atoms with E-state index in [0.717, 1.165) is 22.5 Å². The minimum Gasteiger partial charge on any atom is -0.497 e. The van der Waals surface area contributed by atoms with Gasteiger partial charge in [0.25, 0.3) is 5.91 Å². The Hall–Kier alpha value is -3.87. The number of anilines is 1. The van der Waals surface area contributed by atoms with Gasteiger partial charge in [-0.2, -0.15) is 5.10 Å². The van der Waals surface area contributed by atoms with Gasteiger partial charge in [-0.1, -0.05) is 29.8 Å². The molecule has 1 N–H and O–H groups in total. The largest absolute Gasteiger partial charge is 0.497 e. The fourth-order valence-electron chi connectivity index (χ4n) is 3.31. The first-order valence-electron chi connectivity index (χ1n) is 10.7. The molecule has 1 unspecified atom stereocenters. The molecular formula is C26H29N3O4. The molecular weight excluding hydrogens is 418 g/mol. The van der Waals surface area contributed by atoms with E-state index in [-0.39, 0.29) is 0 Å². The zero-order chi connectivity index (χ0) is 24.0. The molecule has 172 valence electrons. The molecule has 0 aliphatic rings. The lowest BCUT2D eigenvalue weighted by atomic mass is 10.1. The van der Waals surface area contributed by atoms with Crippen molar-refractivity contribution in [3.63, 3.8) is 0 Å². The number of nitrogens with one attached hydrogen (secondary N) is 1. The van der Waals surface area contributed by atoms with Crippen LogP contribution in [-0.2, 0) is 20.9 Å². The minimum atomic E-state index is -0.948. The molecule has 3 aromatic rings. The van der Waals surface area contributed by atoms with Gasteiger partial charge >= 0.3 is 5.97 Å². The molecule has 0 saturated carbocycles. The van der Waals surface area contributed by atoms with Crippen molar-refractivity contribution in [2.45, 2.75) is 40.3 Å². The average molecular weight is 448 g/mol. The van der Waals surface area contributed by atoms with E-state index in [0.29, 0.717) is 18.0 Å². The molecule has 1 heterocycles. The van der Waals surface area contributed by atoms with E-state index >= 15 is 0 Å². The Morgan fingerprint density at radius 3 is 2.36 bits per heavy atom. The van der Waals surface area contributed by atoms with Crippen LogP contribution in [0.3, 0.4) is 0 Å². The SMILES string of the molecule is COc1ccc(NC(=O)C(C)OC(=O)/C=C/c2c(C)nn(Cc3ccc(C)cc3)c2C)cc1. The molecule has 3 rings (SSSR count). The lowest BCUT2D eigenvalue weighted by molar-refractivity contribution is -0.148. The van der Waals surface area contributed by atoms with Crippen molar-refractivity contribution in [1.82, 2.24) is 9.78 Å². The van der Waals surface area contributed by atoms with E-state index in [1.165, 1.54) is 18.6 Å². The van der Waals surface area contributed by atoms with Gasteiger partial charge in [-0.05, 0) is 63.6 Å². The Kier molecular flexibility index (Phi) is 7.66. The van der Waals surface area contributed by atoms with E-state index < -0.39 is 18.0 Å². The number of aromatic nitrogens is 2. The Balaban J connectivity index is 1.59. The van der Waals surface area contributed by atoms with Crippen molar-refractivity contribution in [3.05, 3.63) is 82.7 Å². The van der Waals surface area contributed by atoms with E-state index in [2.05, 4.69) is 41.6 Å². The number of amides is 1. The summed E-state index contributed by atoms with van der Waals surface area (Å²) in [4.78, 5) is 24.6. The monoisotopic (exact) mass is 447 g/mol. The number of nitrogens with zero attached hydrogens (tertiary/aromatic N) is 2. The maximum atomic E-state index is 12.3. The summed E-state index contributed by atoms with van der Waals surface area (Å²) in [5.41, 5.74) is 5.57. The highest BCUT2D eigenvalue weighted by molar-refractivity contribution is 5.96. The lowest BCUT2D eigenvalue weighted by Crippen LogP contribution is -2.29. The lowest BCUT2D eigenvalue weighted by Gasteiger charge is -2.12. The van der Waals surface area contributed by atoms with Gasteiger partial charge in [-0.3, -0.25) is 9.48 Å². The number of carbonyl (C=O) groups excluding carboxylic acids is 2. The molecule has 0 aliphatic carbocycles. The number of hydrogen-bond donors (Lipinski definition) is 1. The number of methoxy groups -OCH3 is 1. The van der Waals surface area contributed by atoms with Crippen molar-refractivity contribution >= 4 is 23.6 Å². The van der Waals surface area contributed by atoms with E-state index in [1.807, 2.05) is 18.5 Å². The highest BCUT2D eigenvalue weighted by Gasteiger charge is 2.17. The predicted octanol–water partition coefficient (Wildman–Crippen LogP) is 4.45. The molecule has 33 heavy (non-hydrogen) atoms. The topological polar surface area (TPSA) is 82.4 Å². The second-order valence-corrected chi connectivity index (χ2v) is 7.86. The highest BCUT2D eigenvalue weighted by atomic mass is 16.5. The van der Waals surface area contributed by atoms with Gasteiger partial charge in [0.05, 0.1) is 19.3 Å². The van der Waals surface area contributed by atoms with Crippen LogP contribution in [0.4, 0.5) is 5.69 Å². The van der Waals surface area contributed by atoms with Crippen LogP contribution in [0.2, 0.25) is 0 Å². The van der Waals surface area contributed by atoms with Crippen molar-refractivity contribution in [2.24, 2.45) is 0 Å². The first kappa shape index (κ1) is 23.8. The quantitative estimate of drug-likeness (QED) is 0.408. The van der Waals surface area contributed by atoms with Crippen LogP contribution in [0, 0.1) is 20.8 Å². The van der Waals surface area contributed by atoms with Gasteiger partial charge in [0.15, 0.2) is 6.10 Å². The number of ether oxygens (including phenoxy) is 2. The smallest absolute Gasteiger partial charge is 0.331 e. The Morgan fingerprint density at radius 1 is 1.06 bits per heavy atom. The summed E-state index contributed by atoms with van der Waals surface area (Å²) in [6.45, 7) is 8.09. The summed E-state index contributed by atoms with van der Waals surface area (Å²) < 4.78 is 12.3. The van der Waals surface area contributed by atoms with E-state index in [4.69, 9.17) is 9.47 Å². The zero-order valence-corrected chi connectivity index (χ0v) is 19.6. The van der Waals surface area contributed by atoms with Crippen molar-refractivity contribution in [1.29, 1.82) is 0 Å². The first-order chi connectivity index (χ1) is 15.8. The summed E-state index contributed by atoms with van der Waals surface area (Å²) in [7, 11) is 1.57. The number of hydrogen-bond acceptors (Lipinski definition) is 5. The average Bonchev–Trinajstić information content (AvgIpc) is 3.06. The molecule has 0 aliphatic heterocycles. The minimum absolute atomic E-state index is 0.416. The van der Waals surface area contributed by atoms with Crippen molar-refractivity contribution in [2.75, 3.05) is 12.4 Å². The van der Waals surface area contributed by atoms with E-state index in [9.17, 15) is 9.59 Å². The van der Waals surface area contributed by atoms with Gasteiger partial charge < -0.3 is 14.8 Å². The number of aryl methyl sites for hydroxylation is 2. The Labute approximate surface area is 194 Å². The molecule has 0 bridgehead atoms. The molecule has 1 aromatic heterocycles. The second-order valence-electron chi connectivity index (χ2n) is 7.86. The van der Waals surface area contributed by atoms with Crippen LogP contribution in [-0.4, -0.2) is 34.9 Å². The fraction of sp³-hybridized carbons (Fsp3) is 0.269. The summed E-state index contributed by atoms with van der Waals surface area (Å²) in [5.74, 6) is -0.331. The molecule has 0 radical (unpaired) electrons. The second kappa shape index (κ2) is 10.6. The summed E-state index contributed by atoms with van der Waals surface area (Å²) in [5, 5.41) is 7.31. The molecule has 0 saturated heterocycles. The first-order valence-corrected chi connectivity index (χ1v) is 10.7. The van der Waals surface area contributed by atoms with Crippen LogP contribution < -0.4 is 10.1 Å². The van der Waals surface area contributed by atoms with Crippen LogP contribution in [0.25, 0.3) is 6.08 Å². The van der Waals surface area contributed by atoms with Gasteiger partial charge in [-0.25, -0.2) is 4.79 Å². The number of rotatable bonds is 8. The Morgan fingerprint density at radius 2 is 1.73 bits per heavy atom. The molecule has 1 amide bonds. The maximum Gasteiger partial charge on any atom is 0.331 e.